The Bertz CT molecular complexity index is 619. The van der Waals surface area contributed by atoms with Crippen molar-refractivity contribution in [2.75, 3.05) is 38.5 Å². The maximum Gasteiger partial charge on any atom is 0.407 e. The van der Waals surface area contributed by atoms with Crippen LogP contribution in [0.2, 0.25) is 10.0 Å². The molecule has 26 heavy (non-hydrogen) atoms. The van der Waals surface area contributed by atoms with Gasteiger partial charge in [0.2, 0.25) is 0 Å². The number of nitrogens with zero attached hydrogens (tertiary/aromatic N) is 2. The Labute approximate surface area is 164 Å². The highest BCUT2D eigenvalue weighted by molar-refractivity contribution is 6.35. The van der Waals surface area contributed by atoms with Crippen molar-refractivity contribution in [1.82, 2.24) is 20.9 Å². The number of nitrogens with one attached hydrogen (secondary N) is 4. The quantitative estimate of drug-likeness (QED) is 0.316. The fraction of sp³-hybridized carbons (Fsp3) is 0.562. The zero-order valence-electron chi connectivity index (χ0n) is 15.4. The van der Waals surface area contributed by atoms with Crippen LogP contribution in [-0.4, -0.2) is 55.9 Å². The van der Waals surface area contributed by atoms with Gasteiger partial charge in [0.25, 0.3) is 0 Å². The van der Waals surface area contributed by atoms with Crippen LogP contribution in [0.25, 0.3) is 0 Å². The Morgan fingerprint density at radius 2 is 1.77 bits per heavy atom. The Balaban J connectivity index is 2.20. The number of halogens is 2. The van der Waals surface area contributed by atoms with Crippen molar-refractivity contribution in [2.24, 2.45) is 4.99 Å². The molecule has 1 aromatic heterocycles. The Morgan fingerprint density at radius 3 is 2.35 bits per heavy atom. The maximum absolute atomic E-state index is 11.5. The van der Waals surface area contributed by atoms with Gasteiger partial charge in [-0.15, -0.1) is 0 Å². The molecule has 0 aliphatic heterocycles. The molecule has 1 heterocycles. The number of aliphatic imine (C=N–C) groups is 1. The van der Waals surface area contributed by atoms with Crippen molar-refractivity contribution >= 4 is 41.1 Å². The topological polar surface area (TPSA) is 99.7 Å². The molecular formula is C16H26Cl2N6O2. The molecule has 1 amide bonds. The average molecular weight is 405 g/mol. The summed E-state index contributed by atoms with van der Waals surface area (Å²) in [6, 6.07) is 1.63. The molecule has 10 heteroatoms. The van der Waals surface area contributed by atoms with E-state index in [0.717, 1.165) is 0 Å². The van der Waals surface area contributed by atoms with E-state index < -0.39 is 11.7 Å². The number of aromatic nitrogens is 1. The molecule has 0 atom stereocenters. The van der Waals surface area contributed by atoms with Crippen LogP contribution in [-0.2, 0) is 4.74 Å². The van der Waals surface area contributed by atoms with E-state index in [1.807, 2.05) is 20.8 Å². The summed E-state index contributed by atoms with van der Waals surface area (Å²) in [6.07, 6.45) is 1.08. The molecule has 0 saturated carbocycles. The van der Waals surface area contributed by atoms with Gasteiger partial charge in [-0.1, -0.05) is 23.2 Å². The predicted octanol–water partition coefficient (Wildman–Crippen LogP) is 2.49. The minimum atomic E-state index is -0.510. The van der Waals surface area contributed by atoms with Crippen LogP contribution in [0.4, 0.5) is 10.6 Å². The lowest BCUT2D eigenvalue weighted by Crippen LogP contribution is -2.43. The van der Waals surface area contributed by atoms with Crippen LogP contribution in [0, 0.1) is 0 Å². The first-order valence-corrected chi connectivity index (χ1v) is 8.93. The monoisotopic (exact) mass is 404 g/mol. The number of ether oxygens (including phenoxy) is 1. The molecule has 146 valence electrons. The molecule has 0 aliphatic rings. The van der Waals surface area contributed by atoms with Gasteiger partial charge in [-0.3, -0.25) is 4.99 Å². The highest BCUT2D eigenvalue weighted by Gasteiger charge is 2.15. The minimum absolute atomic E-state index is 0.415. The summed E-state index contributed by atoms with van der Waals surface area (Å²) in [7, 11) is 1.67. The summed E-state index contributed by atoms with van der Waals surface area (Å²) in [5, 5.41) is 12.9. The van der Waals surface area contributed by atoms with E-state index in [9.17, 15) is 4.79 Å². The molecule has 0 bridgehead atoms. The second-order valence-corrected chi connectivity index (χ2v) is 7.11. The van der Waals surface area contributed by atoms with Gasteiger partial charge in [0.1, 0.15) is 11.4 Å². The van der Waals surface area contributed by atoms with Crippen LogP contribution in [0.1, 0.15) is 20.8 Å². The first-order chi connectivity index (χ1) is 12.2. The number of anilines is 1. The smallest absolute Gasteiger partial charge is 0.407 e. The van der Waals surface area contributed by atoms with E-state index in [0.29, 0.717) is 48.0 Å². The van der Waals surface area contributed by atoms with Crippen molar-refractivity contribution in [3.63, 3.8) is 0 Å². The van der Waals surface area contributed by atoms with Crippen LogP contribution in [0.5, 0.6) is 0 Å². The van der Waals surface area contributed by atoms with Gasteiger partial charge in [0, 0.05) is 39.4 Å². The first kappa shape index (κ1) is 22.1. The van der Waals surface area contributed by atoms with Crippen LogP contribution < -0.4 is 21.3 Å². The predicted molar refractivity (Wildman–Crippen MR) is 106 cm³/mol. The molecule has 1 aromatic rings. The summed E-state index contributed by atoms with van der Waals surface area (Å²) < 4.78 is 5.15. The van der Waals surface area contributed by atoms with E-state index in [4.69, 9.17) is 27.9 Å². The van der Waals surface area contributed by atoms with Crippen molar-refractivity contribution in [3.8, 4) is 0 Å². The Kier molecular flexibility index (Phi) is 9.29. The second-order valence-electron chi connectivity index (χ2n) is 6.27. The molecule has 0 aromatic carbocycles. The first-order valence-electron chi connectivity index (χ1n) is 8.17. The number of amides is 1. The maximum atomic E-state index is 11.5. The molecular weight excluding hydrogens is 379 g/mol. The van der Waals surface area contributed by atoms with E-state index in [1.54, 1.807) is 13.1 Å². The number of pyridine rings is 1. The van der Waals surface area contributed by atoms with Crippen molar-refractivity contribution in [1.29, 1.82) is 0 Å². The van der Waals surface area contributed by atoms with Crippen molar-refractivity contribution in [3.05, 3.63) is 22.3 Å². The Morgan fingerprint density at radius 1 is 1.15 bits per heavy atom. The van der Waals surface area contributed by atoms with Gasteiger partial charge in [-0.05, 0) is 26.8 Å². The number of alkyl carbamates (subject to hydrolysis) is 1. The lowest BCUT2D eigenvalue weighted by Gasteiger charge is -2.20. The van der Waals surface area contributed by atoms with E-state index >= 15 is 0 Å². The minimum Gasteiger partial charge on any atom is -0.444 e. The molecule has 0 spiro atoms. The largest absolute Gasteiger partial charge is 0.444 e. The summed E-state index contributed by atoms with van der Waals surface area (Å²) in [4.78, 5) is 19.7. The number of carbonyl (C=O) groups is 1. The third-order valence-electron chi connectivity index (χ3n) is 2.83. The van der Waals surface area contributed by atoms with E-state index in [2.05, 4.69) is 31.2 Å². The molecule has 8 nitrogen and oxygen atoms in total. The normalized spacial score (nSPS) is 11.7. The molecule has 1 rings (SSSR count). The Hall–Kier alpha value is -1.93. The summed E-state index contributed by atoms with van der Waals surface area (Å²) in [6.45, 7) is 7.56. The van der Waals surface area contributed by atoms with Gasteiger partial charge in [0.05, 0.1) is 10.0 Å². The van der Waals surface area contributed by atoms with Crippen molar-refractivity contribution < 1.29 is 9.53 Å². The molecule has 4 N–H and O–H groups in total. The fourth-order valence-electron chi connectivity index (χ4n) is 1.79. The highest BCUT2D eigenvalue weighted by Crippen LogP contribution is 2.21. The third kappa shape index (κ3) is 9.53. The van der Waals surface area contributed by atoms with Gasteiger partial charge in [-0.2, -0.15) is 0 Å². The van der Waals surface area contributed by atoms with Crippen LogP contribution in [0.15, 0.2) is 17.3 Å². The summed E-state index contributed by atoms with van der Waals surface area (Å²) in [5.41, 5.74) is -0.510. The number of guanidine groups is 1. The molecule has 0 unspecified atom stereocenters. The number of hydrogen-bond donors (Lipinski definition) is 4. The fourth-order valence-corrected chi connectivity index (χ4v) is 2.23. The third-order valence-corrected chi connectivity index (χ3v) is 3.32. The van der Waals surface area contributed by atoms with Crippen molar-refractivity contribution in [2.45, 2.75) is 26.4 Å². The number of rotatable bonds is 7. The number of carbonyl (C=O) groups excluding carboxylic acids is 1. The van der Waals surface area contributed by atoms with Crippen LogP contribution >= 0.6 is 23.2 Å². The second kappa shape index (κ2) is 10.9. The van der Waals surface area contributed by atoms with E-state index in [-0.39, 0.29) is 0 Å². The van der Waals surface area contributed by atoms with Gasteiger partial charge < -0.3 is 26.0 Å². The standard InChI is InChI=1S/C16H26Cl2N6O2/c1-16(2,3)26-15(25)23-8-7-22-14(19-4)21-6-5-20-13-12(18)9-11(17)10-24-13/h9-10H,5-8H2,1-4H3,(H,20,24)(H,23,25)(H2,19,21,22). The van der Waals surface area contributed by atoms with Crippen LogP contribution in [0.3, 0.4) is 0 Å². The lowest BCUT2D eigenvalue weighted by molar-refractivity contribution is 0.0529. The molecule has 0 fully saturated rings. The summed E-state index contributed by atoms with van der Waals surface area (Å²) in [5.74, 6) is 1.19. The van der Waals surface area contributed by atoms with Gasteiger partial charge in [-0.25, -0.2) is 9.78 Å². The summed E-state index contributed by atoms with van der Waals surface area (Å²) >= 11 is 11.8. The lowest BCUT2D eigenvalue weighted by atomic mass is 10.2. The zero-order chi connectivity index (χ0) is 19.6. The van der Waals surface area contributed by atoms with E-state index in [1.165, 1.54) is 6.20 Å². The average Bonchev–Trinajstić information content (AvgIpc) is 2.53. The molecule has 0 saturated heterocycles. The SMILES string of the molecule is CN=C(NCCNC(=O)OC(C)(C)C)NCCNc1ncc(Cl)cc1Cl. The molecule has 0 aliphatic carbocycles. The van der Waals surface area contributed by atoms with Gasteiger partial charge >= 0.3 is 6.09 Å². The highest BCUT2D eigenvalue weighted by atomic mass is 35.5. The zero-order valence-corrected chi connectivity index (χ0v) is 17.0. The molecule has 0 radical (unpaired) electrons. The van der Waals surface area contributed by atoms with Gasteiger partial charge in [0.15, 0.2) is 5.96 Å². The number of hydrogen-bond acceptors (Lipinski definition) is 5.